The van der Waals surface area contributed by atoms with Crippen LogP contribution < -0.4 is 10.6 Å². The smallest absolute Gasteiger partial charge is 0.350 e. The molecule has 14 heavy (non-hydrogen) atoms. The molecule has 0 bridgehead atoms. The zero-order valence-electron chi connectivity index (χ0n) is 8.20. The summed E-state index contributed by atoms with van der Waals surface area (Å²) in [5.41, 5.74) is -0.306. The van der Waals surface area contributed by atoms with Crippen molar-refractivity contribution in [2.45, 2.75) is 18.9 Å². The van der Waals surface area contributed by atoms with E-state index in [1.165, 1.54) is 17.4 Å². The lowest BCUT2D eigenvalue weighted by atomic mass is 10.4. The normalized spacial score (nSPS) is 15.6. The van der Waals surface area contributed by atoms with E-state index in [1.54, 1.807) is 13.1 Å². The number of hydrogen-bond donors (Lipinski definition) is 0. The van der Waals surface area contributed by atoms with Crippen LogP contribution in [-0.4, -0.2) is 22.6 Å². The summed E-state index contributed by atoms with van der Waals surface area (Å²) in [4.78, 5) is 17.1. The second-order valence-corrected chi connectivity index (χ2v) is 4.01. The molecule has 1 heterocycles. The second-order valence-electron chi connectivity index (χ2n) is 3.62. The van der Waals surface area contributed by atoms with Crippen LogP contribution in [0, 0.1) is 0 Å². The first kappa shape index (κ1) is 9.52. The van der Waals surface area contributed by atoms with Gasteiger partial charge in [-0.3, -0.25) is 4.57 Å². The molecule has 1 aromatic rings. The van der Waals surface area contributed by atoms with Crippen LogP contribution in [0.5, 0.6) is 0 Å². The van der Waals surface area contributed by atoms with Crippen LogP contribution in [0.3, 0.4) is 0 Å². The summed E-state index contributed by atoms with van der Waals surface area (Å²) in [6, 6.07) is 2.28. The van der Waals surface area contributed by atoms with Crippen molar-refractivity contribution in [1.29, 1.82) is 0 Å². The average molecular weight is 214 g/mol. The van der Waals surface area contributed by atoms with Crippen LogP contribution >= 0.6 is 11.6 Å². The molecule has 0 saturated heterocycles. The molecule has 4 nitrogen and oxygen atoms in total. The van der Waals surface area contributed by atoms with E-state index in [1.807, 2.05) is 7.05 Å². The van der Waals surface area contributed by atoms with Crippen LogP contribution in [-0.2, 0) is 7.05 Å². The molecule has 1 fully saturated rings. The quantitative estimate of drug-likeness (QED) is 0.689. The van der Waals surface area contributed by atoms with Gasteiger partial charge in [0.25, 0.3) is 0 Å². The van der Waals surface area contributed by atoms with Gasteiger partial charge in [-0.25, -0.2) is 4.79 Å². The minimum Gasteiger partial charge on any atom is -0.358 e. The highest BCUT2D eigenvalue weighted by Crippen LogP contribution is 2.29. The first-order valence-corrected chi connectivity index (χ1v) is 4.94. The van der Waals surface area contributed by atoms with E-state index in [4.69, 9.17) is 11.6 Å². The Bertz CT molecular complexity index is 411. The Morgan fingerprint density at radius 3 is 2.86 bits per heavy atom. The number of aromatic nitrogens is 2. The number of anilines is 1. The van der Waals surface area contributed by atoms with Crippen LogP contribution in [0.2, 0.25) is 5.15 Å². The molecule has 1 aliphatic rings. The van der Waals surface area contributed by atoms with Crippen molar-refractivity contribution in [2.24, 2.45) is 7.05 Å². The lowest BCUT2D eigenvalue weighted by molar-refractivity contribution is 0.757. The molecule has 0 N–H and O–H groups in total. The predicted molar refractivity (Wildman–Crippen MR) is 55.9 cm³/mol. The van der Waals surface area contributed by atoms with Crippen LogP contribution in [0.25, 0.3) is 0 Å². The van der Waals surface area contributed by atoms with Crippen molar-refractivity contribution in [3.05, 3.63) is 21.7 Å². The summed E-state index contributed by atoms with van der Waals surface area (Å²) in [5, 5.41) is 0.260. The molecule has 1 aromatic heterocycles. The lowest BCUT2D eigenvalue weighted by Gasteiger charge is -2.20. The fraction of sp³-hybridized carbons (Fsp3) is 0.556. The summed E-state index contributed by atoms with van der Waals surface area (Å²) in [6.07, 6.45) is 2.37. The summed E-state index contributed by atoms with van der Waals surface area (Å²) in [5.74, 6) is 0.831. The molecule has 0 unspecified atom stereocenters. The van der Waals surface area contributed by atoms with Crippen LogP contribution in [0.1, 0.15) is 12.8 Å². The summed E-state index contributed by atoms with van der Waals surface area (Å²) in [6.45, 7) is 0. The SMILES string of the molecule is CN(c1cc(Cl)nc(=O)n1C)C1CC1. The number of rotatable bonds is 2. The molecule has 1 saturated carbocycles. The van der Waals surface area contributed by atoms with E-state index in [-0.39, 0.29) is 10.8 Å². The largest absolute Gasteiger partial charge is 0.358 e. The summed E-state index contributed by atoms with van der Waals surface area (Å²) < 4.78 is 1.52. The Hall–Kier alpha value is -1.03. The Balaban J connectivity index is 2.45. The molecular weight excluding hydrogens is 202 g/mol. The number of halogens is 1. The minimum atomic E-state index is -0.306. The Morgan fingerprint density at radius 1 is 1.64 bits per heavy atom. The maximum Gasteiger partial charge on any atom is 0.350 e. The van der Waals surface area contributed by atoms with Gasteiger partial charge < -0.3 is 4.90 Å². The van der Waals surface area contributed by atoms with E-state index >= 15 is 0 Å². The van der Waals surface area contributed by atoms with E-state index in [9.17, 15) is 4.79 Å². The highest BCUT2D eigenvalue weighted by molar-refractivity contribution is 6.29. The zero-order chi connectivity index (χ0) is 10.3. The molecule has 5 heteroatoms. The van der Waals surface area contributed by atoms with Crippen molar-refractivity contribution in [1.82, 2.24) is 9.55 Å². The van der Waals surface area contributed by atoms with Crippen molar-refractivity contribution < 1.29 is 0 Å². The van der Waals surface area contributed by atoms with Crippen molar-refractivity contribution in [2.75, 3.05) is 11.9 Å². The van der Waals surface area contributed by atoms with Crippen molar-refractivity contribution in [3.63, 3.8) is 0 Å². The maximum atomic E-state index is 11.3. The van der Waals surface area contributed by atoms with Crippen LogP contribution in [0.4, 0.5) is 5.82 Å². The molecule has 2 rings (SSSR count). The van der Waals surface area contributed by atoms with Gasteiger partial charge in [0, 0.05) is 26.2 Å². The molecular formula is C9H12ClN3O. The van der Waals surface area contributed by atoms with E-state index in [0.717, 1.165) is 5.82 Å². The third-order valence-electron chi connectivity index (χ3n) is 2.54. The monoisotopic (exact) mass is 213 g/mol. The highest BCUT2D eigenvalue weighted by Gasteiger charge is 2.27. The molecule has 0 atom stereocenters. The number of hydrogen-bond acceptors (Lipinski definition) is 3. The van der Waals surface area contributed by atoms with Gasteiger partial charge in [-0.15, -0.1) is 0 Å². The first-order chi connectivity index (χ1) is 6.59. The average Bonchev–Trinajstić information content (AvgIpc) is 2.93. The lowest BCUT2D eigenvalue weighted by Crippen LogP contribution is -2.29. The Labute approximate surface area is 87.1 Å². The Kier molecular flexibility index (Phi) is 2.23. The van der Waals surface area contributed by atoms with Crippen LogP contribution in [0.15, 0.2) is 10.9 Å². The first-order valence-electron chi connectivity index (χ1n) is 4.56. The fourth-order valence-electron chi connectivity index (χ4n) is 1.49. The van der Waals surface area contributed by atoms with Crippen molar-refractivity contribution >= 4 is 17.4 Å². The maximum absolute atomic E-state index is 11.3. The zero-order valence-corrected chi connectivity index (χ0v) is 8.95. The highest BCUT2D eigenvalue weighted by atomic mass is 35.5. The van der Waals surface area contributed by atoms with Gasteiger partial charge in [-0.05, 0) is 12.8 Å². The van der Waals surface area contributed by atoms with Crippen molar-refractivity contribution in [3.8, 4) is 0 Å². The molecule has 0 spiro atoms. The van der Waals surface area contributed by atoms with Gasteiger partial charge in [-0.2, -0.15) is 4.98 Å². The number of nitrogens with zero attached hydrogens (tertiary/aromatic N) is 3. The molecule has 0 amide bonds. The van der Waals surface area contributed by atoms with E-state index in [2.05, 4.69) is 9.88 Å². The third kappa shape index (κ3) is 1.62. The van der Waals surface area contributed by atoms with Gasteiger partial charge in [0.15, 0.2) is 0 Å². The van der Waals surface area contributed by atoms with E-state index in [0.29, 0.717) is 6.04 Å². The summed E-state index contributed by atoms with van der Waals surface area (Å²) >= 11 is 5.74. The van der Waals surface area contributed by atoms with Gasteiger partial charge in [0.1, 0.15) is 11.0 Å². The topological polar surface area (TPSA) is 38.1 Å². The third-order valence-corrected chi connectivity index (χ3v) is 2.73. The molecule has 1 aliphatic carbocycles. The Morgan fingerprint density at radius 2 is 2.29 bits per heavy atom. The fourth-order valence-corrected chi connectivity index (χ4v) is 1.66. The minimum absolute atomic E-state index is 0.260. The molecule has 0 radical (unpaired) electrons. The molecule has 0 aromatic carbocycles. The van der Waals surface area contributed by atoms with E-state index < -0.39 is 0 Å². The van der Waals surface area contributed by atoms with Gasteiger partial charge in [0.2, 0.25) is 0 Å². The molecule has 0 aliphatic heterocycles. The molecule has 76 valence electrons. The van der Waals surface area contributed by atoms with Gasteiger partial charge in [-0.1, -0.05) is 11.6 Å². The van der Waals surface area contributed by atoms with Gasteiger partial charge in [0.05, 0.1) is 0 Å². The predicted octanol–water partition coefficient (Wildman–Crippen LogP) is 1.03. The summed E-state index contributed by atoms with van der Waals surface area (Å²) in [7, 11) is 3.68. The standard InChI is InChI=1S/C9H12ClN3O/c1-12(6-3-4-6)8-5-7(10)11-9(14)13(8)2/h5-6H,3-4H2,1-2H3. The van der Waals surface area contributed by atoms with Gasteiger partial charge >= 0.3 is 5.69 Å². The second kappa shape index (κ2) is 3.28.